The monoisotopic (exact) mass is 304 g/mol. The van der Waals surface area contributed by atoms with Crippen LogP contribution in [0.5, 0.6) is 5.75 Å². The molecule has 1 atom stereocenters. The Morgan fingerprint density at radius 1 is 1.29 bits per heavy atom. The van der Waals surface area contributed by atoms with Crippen LogP contribution in [0.4, 0.5) is 0 Å². The Morgan fingerprint density at radius 2 is 2.00 bits per heavy atom. The number of para-hydroxylation sites is 1. The Kier molecular flexibility index (Phi) is 5.01. The summed E-state index contributed by atoms with van der Waals surface area (Å²) in [5, 5.41) is 6.81. The van der Waals surface area contributed by atoms with Crippen molar-refractivity contribution in [2.75, 3.05) is 7.11 Å². The van der Waals surface area contributed by atoms with Crippen molar-refractivity contribution in [1.29, 1.82) is 0 Å². The molecule has 114 valence electrons. The Hall–Kier alpha value is -1.39. The van der Waals surface area contributed by atoms with E-state index in [1.807, 2.05) is 18.2 Å². The predicted molar refractivity (Wildman–Crippen MR) is 89.1 cm³/mol. The van der Waals surface area contributed by atoms with Crippen molar-refractivity contribution in [2.24, 2.45) is 0 Å². The number of ether oxygens (including phenoxy) is 1. The van der Waals surface area contributed by atoms with Crippen LogP contribution < -0.4 is 10.1 Å². The summed E-state index contributed by atoms with van der Waals surface area (Å²) in [6.07, 6.45) is 0. The molecule has 3 nitrogen and oxygen atoms in total. The van der Waals surface area contributed by atoms with Gasteiger partial charge in [-0.05, 0) is 13.0 Å². The third kappa shape index (κ3) is 4.05. The molecule has 0 aliphatic carbocycles. The lowest BCUT2D eigenvalue weighted by Gasteiger charge is -2.17. The number of hydrogen-bond acceptors (Lipinski definition) is 4. The van der Waals surface area contributed by atoms with E-state index in [4.69, 9.17) is 9.72 Å². The zero-order valence-corrected chi connectivity index (χ0v) is 14.3. The summed E-state index contributed by atoms with van der Waals surface area (Å²) in [4.78, 5) is 4.71. The number of nitrogens with one attached hydrogen (secondary N) is 1. The number of rotatable bonds is 5. The van der Waals surface area contributed by atoms with Gasteiger partial charge in [-0.25, -0.2) is 4.98 Å². The van der Waals surface area contributed by atoms with Gasteiger partial charge in [-0.15, -0.1) is 11.3 Å². The van der Waals surface area contributed by atoms with Gasteiger partial charge in [0.2, 0.25) is 0 Å². The standard InChI is InChI=1S/C17H24N2OS/c1-12(13-8-6-7-9-14(13)20-5)18-10-16-19-15(11-21-16)17(2,3)4/h6-9,11-12,18H,10H2,1-5H3/t12-/m0/s1. The first-order valence-corrected chi connectivity index (χ1v) is 8.11. The van der Waals surface area contributed by atoms with Crippen molar-refractivity contribution < 1.29 is 4.74 Å². The number of aromatic nitrogens is 1. The second kappa shape index (κ2) is 6.58. The number of methoxy groups -OCH3 is 1. The Labute approximate surface area is 131 Å². The van der Waals surface area contributed by atoms with Crippen molar-refractivity contribution in [1.82, 2.24) is 10.3 Å². The highest BCUT2D eigenvalue weighted by Gasteiger charge is 2.18. The minimum absolute atomic E-state index is 0.114. The summed E-state index contributed by atoms with van der Waals surface area (Å²) < 4.78 is 5.41. The number of hydrogen-bond donors (Lipinski definition) is 1. The second-order valence-corrected chi connectivity index (χ2v) is 7.16. The van der Waals surface area contributed by atoms with Gasteiger partial charge in [0, 0.05) is 28.9 Å². The molecule has 0 radical (unpaired) electrons. The molecule has 0 aliphatic heterocycles. The third-order valence-electron chi connectivity index (χ3n) is 3.49. The van der Waals surface area contributed by atoms with Crippen molar-refractivity contribution in [3.05, 3.63) is 45.9 Å². The van der Waals surface area contributed by atoms with Gasteiger partial charge in [-0.3, -0.25) is 0 Å². The molecule has 0 unspecified atom stereocenters. The minimum Gasteiger partial charge on any atom is -0.496 e. The van der Waals surface area contributed by atoms with Crippen molar-refractivity contribution in [3.8, 4) is 5.75 Å². The zero-order chi connectivity index (χ0) is 15.5. The molecule has 0 amide bonds. The van der Waals surface area contributed by atoms with E-state index in [1.165, 1.54) is 5.56 Å². The van der Waals surface area contributed by atoms with Crippen LogP contribution in [0.2, 0.25) is 0 Å². The van der Waals surface area contributed by atoms with E-state index in [0.29, 0.717) is 0 Å². The molecule has 4 heteroatoms. The Morgan fingerprint density at radius 3 is 2.62 bits per heavy atom. The topological polar surface area (TPSA) is 34.1 Å². The van der Waals surface area contributed by atoms with Crippen molar-refractivity contribution in [3.63, 3.8) is 0 Å². The van der Waals surface area contributed by atoms with Crippen LogP contribution in [-0.4, -0.2) is 12.1 Å². The molecule has 0 aliphatic rings. The summed E-state index contributed by atoms with van der Waals surface area (Å²) in [6.45, 7) is 9.50. The van der Waals surface area contributed by atoms with Crippen LogP contribution in [-0.2, 0) is 12.0 Å². The summed E-state index contributed by atoms with van der Waals surface area (Å²) in [7, 11) is 1.71. The number of nitrogens with zero attached hydrogens (tertiary/aromatic N) is 1. The molecule has 0 bridgehead atoms. The molecule has 0 spiro atoms. The van der Waals surface area contributed by atoms with Crippen LogP contribution in [0.3, 0.4) is 0 Å². The quantitative estimate of drug-likeness (QED) is 0.894. The molecule has 0 fully saturated rings. The maximum Gasteiger partial charge on any atom is 0.123 e. The molecule has 1 heterocycles. The van der Waals surface area contributed by atoms with Gasteiger partial charge in [0.05, 0.1) is 12.8 Å². The third-order valence-corrected chi connectivity index (χ3v) is 4.33. The summed E-state index contributed by atoms with van der Waals surface area (Å²) in [6, 6.07) is 8.35. The average molecular weight is 304 g/mol. The normalized spacial score (nSPS) is 13.2. The Bertz CT molecular complexity index is 586. The summed E-state index contributed by atoms with van der Waals surface area (Å²) >= 11 is 1.72. The van der Waals surface area contributed by atoms with Gasteiger partial charge in [0.25, 0.3) is 0 Å². The lowest BCUT2D eigenvalue weighted by molar-refractivity contribution is 0.401. The van der Waals surface area contributed by atoms with E-state index in [1.54, 1.807) is 18.4 Å². The maximum absolute atomic E-state index is 5.41. The summed E-state index contributed by atoms with van der Waals surface area (Å²) in [5.74, 6) is 0.923. The fourth-order valence-corrected chi connectivity index (χ4v) is 3.08. The van der Waals surface area contributed by atoms with Gasteiger partial charge in [0.15, 0.2) is 0 Å². The van der Waals surface area contributed by atoms with E-state index in [0.717, 1.165) is 23.0 Å². The highest BCUT2D eigenvalue weighted by Crippen LogP contribution is 2.26. The molecule has 2 rings (SSSR count). The fourth-order valence-electron chi connectivity index (χ4n) is 2.11. The van der Waals surface area contributed by atoms with Gasteiger partial charge in [-0.2, -0.15) is 0 Å². The predicted octanol–water partition coefficient (Wildman–Crippen LogP) is 4.30. The molecule has 1 N–H and O–H groups in total. The molecule has 0 saturated heterocycles. The molecule has 0 saturated carbocycles. The van der Waals surface area contributed by atoms with Crippen molar-refractivity contribution >= 4 is 11.3 Å². The van der Waals surface area contributed by atoms with E-state index in [-0.39, 0.29) is 11.5 Å². The lowest BCUT2D eigenvalue weighted by Crippen LogP contribution is -2.19. The highest BCUT2D eigenvalue weighted by atomic mass is 32.1. The SMILES string of the molecule is COc1ccccc1[C@H](C)NCc1nc(C(C)(C)C)cs1. The minimum atomic E-state index is 0.114. The van der Waals surface area contributed by atoms with E-state index in [2.05, 4.69) is 44.5 Å². The van der Waals surface area contributed by atoms with E-state index >= 15 is 0 Å². The first-order chi connectivity index (χ1) is 9.91. The molecular weight excluding hydrogens is 280 g/mol. The van der Waals surface area contributed by atoms with Crippen LogP contribution >= 0.6 is 11.3 Å². The average Bonchev–Trinajstić information content (AvgIpc) is 2.93. The van der Waals surface area contributed by atoms with Crippen LogP contribution in [0.1, 0.15) is 50.0 Å². The molecular formula is C17H24N2OS. The summed E-state index contributed by atoms with van der Waals surface area (Å²) in [5.41, 5.74) is 2.45. The maximum atomic E-state index is 5.41. The van der Waals surface area contributed by atoms with Gasteiger partial charge < -0.3 is 10.1 Å². The van der Waals surface area contributed by atoms with Gasteiger partial charge >= 0.3 is 0 Å². The number of benzene rings is 1. The van der Waals surface area contributed by atoms with Crippen LogP contribution in [0.25, 0.3) is 0 Å². The van der Waals surface area contributed by atoms with E-state index < -0.39 is 0 Å². The molecule has 21 heavy (non-hydrogen) atoms. The van der Waals surface area contributed by atoms with Crippen LogP contribution in [0.15, 0.2) is 29.6 Å². The van der Waals surface area contributed by atoms with Crippen LogP contribution in [0, 0.1) is 0 Å². The highest BCUT2D eigenvalue weighted by molar-refractivity contribution is 7.09. The van der Waals surface area contributed by atoms with Gasteiger partial charge in [-0.1, -0.05) is 39.0 Å². The second-order valence-electron chi connectivity index (χ2n) is 6.22. The Balaban J connectivity index is 2.01. The lowest BCUT2D eigenvalue weighted by atomic mass is 9.93. The first kappa shape index (κ1) is 16.0. The molecule has 1 aromatic carbocycles. The zero-order valence-electron chi connectivity index (χ0n) is 13.4. The van der Waals surface area contributed by atoms with Gasteiger partial charge in [0.1, 0.15) is 10.8 Å². The largest absolute Gasteiger partial charge is 0.496 e. The fraction of sp³-hybridized carbons (Fsp3) is 0.471. The first-order valence-electron chi connectivity index (χ1n) is 7.23. The van der Waals surface area contributed by atoms with Crippen molar-refractivity contribution in [2.45, 2.75) is 45.7 Å². The smallest absolute Gasteiger partial charge is 0.123 e. The molecule has 1 aromatic heterocycles. The van der Waals surface area contributed by atoms with E-state index in [9.17, 15) is 0 Å². The molecule has 2 aromatic rings. The number of thiazole rings is 1.